The van der Waals surface area contributed by atoms with E-state index in [4.69, 9.17) is 16.6 Å². The summed E-state index contributed by atoms with van der Waals surface area (Å²) in [6.07, 6.45) is 3.51. The number of amides is 1. The maximum Gasteiger partial charge on any atom is 0.254 e. The number of fused-ring (bicyclic) bond motifs is 1. The average Bonchev–Trinajstić information content (AvgIpc) is 2.85. The second-order valence-corrected chi connectivity index (χ2v) is 8.45. The molecule has 160 valence electrons. The molecule has 1 saturated heterocycles. The van der Waals surface area contributed by atoms with Crippen LogP contribution in [0.1, 0.15) is 15.9 Å². The smallest absolute Gasteiger partial charge is 0.254 e. The van der Waals surface area contributed by atoms with Gasteiger partial charge in [0.05, 0.1) is 16.8 Å². The fourth-order valence-corrected chi connectivity index (χ4v) is 4.27. The number of rotatable bonds is 4. The van der Waals surface area contributed by atoms with Crippen LogP contribution in [0, 0.1) is 0 Å². The van der Waals surface area contributed by atoms with Gasteiger partial charge in [-0.3, -0.25) is 14.7 Å². The van der Waals surface area contributed by atoms with Crippen LogP contribution >= 0.6 is 11.6 Å². The van der Waals surface area contributed by atoms with Gasteiger partial charge in [0.25, 0.3) is 5.91 Å². The van der Waals surface area contributed by atoms with E-state index in [2.05, 4.69) is 22.0 Å². The van der Waals surface area contributed by atoms with E-state index < -0.39 is 0 Å². The van der Waals surface area contributed by atoms with Gasteiger partial charge < -0.3 is 4.90 Å². The highest BCUT2D eigenvalue weighted by Gasteiger charge is 2.24. The molecule has 0 bridgehead atoms. The molecule has 3 heterocycles. The van der Waals surface area contributed by atoms with E-state index >= 15 is 0 Å². The number of para-hydroxylation sites is 1. The molecule has 0 aliphatic carbocycles. The number of hydrogen-bond acceptors (Lipinski definition) is 4. The van der Waals surface area contributed by atoms with E-state index in [1.54, 1.807) is 12.4 Å². The summed E-state index contributed by atoms with van der Waals surface area (Å²) in [4.78, 5) is 26.8. The van der Waals surface area contributed by atoms with Crippen LogP contribution in [-0.2, 0) is 6.54 Å². The normalized spacial score (nSPS) is 14.6. The lowest BCUT2D eigenvalue weighted by Gasteiger charge is -2.35. The first-order valence-electron chi connectivity index (χ1n) is 10.7. The molecule has 5 rings (SSSR count). The maximum atomic E-state index is 13.5. The Kier molecular flexibility index (Phi) is 5.84. The molecule has 2 aromatic carbocycles. The lowest BCUT2D eigenvalue weighted by molar-refractivity contribution is 0.0630. The first-order chi connectivity index (χ1) is 15.7. The molecule has 5 nitrogen and oxygen atoms in total. The number of benzene rings is 2. The highest BCUT2D eigenvalue weighted by molar-refractivity contribution is 6.30. The zero-order valence-electron chi connectivity index (χ0n) is 17.6. The van der Waals surface area contributed by atoms with Gasteiger partial charge in [-0.1, -0.05) is 41.9 Å². The predicted octanol–water partition coefficient (Wildman–Crippen LogP) is 4.91. The molecule has 0 saturated carbocycles. The van der Waals surface area contributed by atoms with Gasteiger partial charge in [-0.25, -0.2) is 4.98 Å². The Hall–Kier alpha value is -3.28. The molecule has 2 aromatic heterocycles. The number of nitrogens with zero attached hydrogens (tertiary/aromatic N) is 4. The molecule has 6 heteroatoms. The SMILES string of the molecule is O=C(c1cc(-c2cccnc2)nc2ccccc12)N1CCN(Cc2ccc(Cl)cc2)CC1. The minimum Gasteiger partial charge on any atom is -0.336 e. The number of piperazine rings is 1. The Morgan fingerprint density at radius 3 is 2.47 bits per heavy atom. The quantitative estimate of drug-likeness (QED) is 0.450. The molecule has 32 heavy (non-hydrogen) atoms. The van der Waals surface area contributed by atoms with Crippen LogP contribution in [0.2, 0.25) is 5.02 Å². The zero-order valence-corrected chi connectivity index (χ0v) is 18.4. The Morgan fingerprint density at radius 1 is 0.938 bits per heavy atom. The summed E-state index contributed by atoms with van der Waals surface area (Å²) in [5.74, 6) is 0.0554. The van der Waals surface area contributed by atoms with E-state index in [0.717, 1.165) is 46.8 Å². The molecule has 1 amide bonds. The number of carbonyl (C=O) groups is 1. The van der Waals surface area contributed by atoms with Gasteiger partial charge >= 0.3 is 0 Å². The average molecular weight is 443 g/mol. The maximum absolute atomic E-state index is 13.5. The Morgan fingerprint density at radius 2 is 1.72 bits per heavy atom. The van der Waals surface area contributed by atoms with Gasteiger partial charge in [-0.15, -0.1) is 0 Å². The summed E-state index contributed by atoms with van der Waals surface area (Å²) in [6, 6.07) is 21.5. The van der Waals surface area contributed by atoms with Crippen LogP contribution in [0.5, 0.6) is 0 Å². The highest BCUT2D eigenvalue weighted by atomic mass is 35.5. The molecule has 0 radical (unpaired) electrons. The van der Waals surface area contributed by atoms with E-state index in [1.807, 2.05) is 59.5 Å². The van der Waals surface area contributed by atoms with Gasteiger partial charge in [0.2, 0.25) is 0 Å². The van der Waals surface area contributed by atoms with Crippen LogP contribution < -0.4 is 0 Å². The molecular formula is C26H23ClN4O. The van der Waals surface area contributed by atoms with Crippen molar-refractivity contribution in [1.82, 2.24) is 19.8 Å². The zero-order chi connectivity index (χ0) is 21.9. The van der Waals surface area contributed by atoms with Gasteiger partial charge in [-0.05, 0) is 42.0 Å². The van der Waals surface area contributed by atoms with Crippen molar-refractivity contribution in [3.05, 3.63) is 95.3 Å². The van der Waals surface area contributed by atoms with E-state index in [1.165, 1.54) is 5.56 Å². The number of aromatic nitrogens is 2. The minimum absolute atomic E-state index is 0.0554. The van der Waals surface area contributed by atoms with Crippen molar-refractivity contribution in [2.24, 2.45) is 0 Å². The molecular weight excluding hydrogens is 420 g/mol. The monoisotopic (exact) mass is 442 g/mol. The van der Waals surface area contributed by atoms with Gasteiger partial charge in [-0.2, -0.15) is 0 Å². The van der Waals surface area contributed by atoms with Crippen LogP contribution in [0.3, 0.4) is 0 Å². The number of hydrogen-bond donors (Lipinski definition) is 0. The van der Waals surface area contributed by atoms with Crippen molar-refractivity contribution in [3.63, 3.8) is 0 Å². The molecule has 0 spiro atoms. The fraction of sp³-hybridized carbons (Fsp3) is 0.192. The second kappa shape index (κ2) is 9.07. The van der Waals surface area contributed by atoms with Crippen molar-refractivity contribution in [3.8, 4) is 11.3 Å². The van der Waals surface area contributed by atoms with E-state index in [0.29, 0.717) is 18.7 Å². The Bertz CT molecular complexity index is 1240. The Balaban J connectivity index is 1.36. The first-order valence-corrected chi connectivity index (χ1v) is 11.1. The molecule has 0 unspecified atom stereocenters. The second-order valence-electron chi connectivity index (χ2n) is 8.01. The lowest BCUT2D eigenvalue weighted by Crippen LogP contribution is -2.48. The molecule has 0 N–H and O–H groups in total. The third-order valence-corrected chi connectivity index (χ3v) is 6.13. The third kappa shape index (κ3) is 4.35. The van der Waals surface area contributed by atoms with Crippen LogP contribution in [0.25, 0.3) is 22.2 Å². The summed E-state index contributed by atoms with van der Waals surface area (Å²) in [5, 5.41) is 1.63. The van der Waals surface area contributed by atoms with Crippen molar-refractivity contribution in [2.45, 2.75) is 6.54 Å². The van der Waals surface area contributed by atoms with Crippen LogP contribution in [0.4, 0.5) is 0 Å². The van der Waals surface area contributed by atoms with Crippen molar-refractivity contribution in [1.29, 1.82) is 0 Å². The molecule has 1 fully saturated rings. The Labute approximate surface area is 192 Å². The number of pyridine rings is 2. The lowest BCUT2D eigenvalue weighted by atomic mass is 10.0. The summed E-state index contributed by atoms with van der Waals surface area (Å²) >= 11 is 5.99. The third-order valence-electron chi connectivity index (χ3n) is 5.88. The summed E-state index contributed by atoms with van der Waals surface area (Å²) in [6.45, 7) is 3.94. The number of carbonyl (C=O) groups excluding carboxylic acids is 1. The molecule has 4 aromatic rings. The van der Waals surface area contributed by atoms with Crippen LogP contribution in [-0.4, -0.2) is 51.9 Å². The van der Waals surface area contributed by atoms with E-state index in [-0.39, 0.29) is 5.91 Å². The fourth-order valence-electron chi connectivity index (χ4n) is 4.14. The molecule has 1 aliphatic heterocycles. The first kappa shape index (κ1) is 20.6. The number of halogens is 1. The molecule has 1 aliphatic rings. The van der Waals surface area contributed by atoms with Crippen molar-refractivity contribution in [2.75, 3.05) is 26.2 Å². The molecule has 0 atom stereocenters. The van der Waals surface area contributed by atoms with Crippen molar-refractivity contribution < 1.29 is 4.79 Å². The van der Waals surface area contributed by atoms with Crippen LogP contribution in [0.15, 0.2) is 79.1 Å². The highest BCUT2D eigenvalue weighted by Crippen LogP contribution is 2.26. The van der Waals surface area contributed by atoms with Gasteiger partial charge in [0, 0.05) is 61.1 Å². The topological polar surface area (TPSA) is 49.3 Å². The van der Waals surface area contributed by atoms with Gasteiger partial charge in [0.1, 0.15) is 0 Å². The summed E-state index contributed by atoms with van der Waals surface area (Å²) in [5.41, 5.74) is 4.41. The predicted molar refractivity (Wildman–Crippen MR) is 128 cm³/mol. The van der Waals surface area contributed by atoms with Crippen molar-refractivity contribution >= 4 is 28.4 Å². The van der Waals surface area contributed by atoms with Gasteiger partial charge in [0.15, 0.2) is 0 Å². The standard InChI is InChI=1S/C26H23ClN4O/c27-21-9-7-19(8-10-21)18-30-12-14-31(15-13-30)26(32)23-16-25(20-4-3-11-28-17-20)29-24-6-2-1-5-22(23)24/h1-11,16-17H,12-15,18H2. The minimum atomic E-state index is 0.0554. The largest absolute Gasteiger partial charge is 0.336 e. The van der Waals surface area contributed by atoms with E-state index in [9.17, 15) is 4.79 Å². The summed E-state index contributed by atoms with van der Waals surface area (Å²) < 4.78 is 0. The summed E-state index contributed by atoms with van der Waals surface area (Å²) in [7, 11) is 0.